The van der Waals surface area contributed by atoms with E-state index in [0.29, 0.717) is 35.9 Å². The molecule has 0 aromatic rings. The lowest BCUT2D eigenvalue weighted by Gasteiger charge is -2.07. The van der Waals surface area contributed by atoms with Gasteiger partial charge < -0.3 is 16.4 Å². The molecule has 0 aromatic carbocycles. The molecule has 102 valence electrons. The molecule has 0 heterocycles. The summed E-state index contributed by atoms with van der Waals surface area (Å²) in [6.45, 7) is 6.47. The van der Waals surface area contributed by atoms with Crippen molar-refractivity contribution in [1.82, 2.24) is 10.6 Å². The van der Waals surface area contributed by atoms with Crippen LogP contribution >= 0.6 is 0 Å². The van der Waals surface area contributed by atoms with Gasteiger partial charge in [0.05, 0.1) is 5.71 Å². The van der Waals surface area contributed by atoms with Gasteiger partial charge in [0.15, 0.2) is 0 Å². The number of likely N-dealkylation sites (N-methyl/N-ethyl adjacent to an activating group) is 1. The predicted molar refractivity (Wildman–Crippen MR) is 76.0 cm³/mol. The first-order valence-corrected chi connectivity index (χ1v) is 5.82. The number of nitrogens with one attached hydrogen (secondary N) is 2. The van der Waals surface area contributed by atoms with Gasteiger partial charge in [0.25, 0.3) is 5.91 Å². The molecule has 0 rings (SSSR count). The highest BCUT2D eigenvalue weighted by atomic mass is 16.1. The van der Waals surface area contributed by atoms with E-state index in [2.05, 4.69) is 20.6 Å². The van der Waals surface area contributed by atoms with E-state index in [1.165, 1.54) is 0 Å². The summed E-state index contributed by atoms with van der Waals surface area (Å²) in [5.74, 6) is -0.201. The van der Waals surface area contributed by atoms with Gasteiger partial charge in [0.2, 0.25) is 0 Å². The molecule has 0 radical (unpaired) electrons. The van der Waals surface area contributed by atoms with Crippen LogP contribution in [0.4, 0.5) is 0 Å². The van der Waals surface area contributed by atoms with Gasteiger partial charge in [-0.05, 0) is 27.8 Å². The van der Waals surface area contributed by atoms with Crippen LogP contribution in [0.5, 0.6) is 0 Å². The van der Waals surface area contributed by atoms with E-state index in [-0.39, 0.29) is 5.91 Å². The lowest BCUT2D eigenvalue weighted by molar-refractivity contribution is -0.114. The quantitative estimate of drug-likeness (QED) is 0.462. The van der Waals surface area contributed by atoms with Crippen LogP contribution in [0.3, 0.4) is 0 Å². The van der Waals surface area contributed by atoms with E-state index in [9.17, 15) is 4.79 Å². The topological polar surface area (TPSA) is 91.9 Å². The number of nitrogens with zero attached hydrogens (tertiary/aromatic N) is 2. The molecule has 6 heteroatoms. The van der Waals surface area contributed by atoms with Crippen molar-refractivity contribution in [2.45, 2.75) is 20.8 Å². The highest BCUT2D eigenvalue weighted by Gasteiger charge is 2.08. The van der Waals surface area contributed by atoms with Gasteiger partial charge in [0.1, 0.15) is 11.4 Å². The Bertz CT molecular complexity index is 378. The van der Waals surface area contributed by atoms with Crippen LogP contribution < -0.4 is 16.4 Å². The Morgan fingerprint density at radius 2 is 1.78 bits per heavy atom. The first-order valence-electron chi connectivity index (χ1n) is 5.82. The monoisotopic (exact) mass is 253 g/mol. The van der Waals surface area contributed by atoms with Crippen molar-refractivity contribution in [3.05, 3.63) is 11.4 Å². The van der Waals surface area contributed by atoms with Crippen molar-refractivity contribution in [2.75, 3.05) is 27.2 Å². The molecule has 0 aliphatic heterocycles. The first kappa shape index (κ1) is 16.3. The average Bonchev–Trinajstić information content (AvgIpc) is 2.34. The smallest absolute Gasteiger partial charge is 0.265 e. The number of carbonyl (C=O) groups excluding carboxylic acids is 1. The second-order valence-electron chi connectivity index (χ2n) is 3.90. The van der Waals surface area contributed by atoms with E-state index < -0.39 is 0 Å². The van der Waals surface area contributed by atoms with Crippen molar-refractivity contribution in [1.29, 1.82) is 0 Å². The Hall–Kier alpha value is -1.69. The third-order valence-corrected chi connectivity index (χ3v) is 2.32. The highest BCUT2D eigenvalue weighted by Crippen LogP contribution is 2.05. The van der Waals surface area contributed by atoms with Crippen LogP contribution in [-0.2, 0) is 4.79 Å². The van der Waals surface area contributed by atoms with Crippen LogP contribution in [-0.4, -0.2) is 44.5 Å². The Morgan fingerprint density at radius 3 is 2.22 bits per heavy atom. The zero-order valence-corrected chi connectivity index (χ0v) is 11.8. The van der Waals surface area contributed by atoms with Gasteiger partial charge in [-0.15, -0.1) is 0 Å². The molecule has 0 aliphatic rings. The molecule has 0 atom stereocenters. The Kier molecular flexibility index (Phi) is 7.62. The molecule has 0 fully saturated rings. The second kappa shape index (κ2) is 8.41. The second-order valence-corrected chi connectivity index (χ2v) is 3.90. The summed E-state index contributed by atoms with van der Waals surface area (Å²) >= 11 is 0. The Labute approximate surface area is 108 Å². The van der Waals surface area contributed by atoms with Gasteiger partial charge in [-0.2, -0.15) is 0 Å². The zero-order chi connectivity index (χ0) is 14.1. The summed E-state index contributed by atoms with van der Waals surface area (Å²) in [6, 6.07) is 0. The minimum absolute atomic E-state index is 0.201. The molecule has 18 heavy (non-hydrogen) atoms. The van der Waals surface area contributed by atoms with Crippen molar-refractivity contribution in [2.24, 2.45) is 15.7 Å². The highest BCUT2D eigenvalue weighted by molar-refractivity contribution is 6.38. The van der Waals surface area contributed by atoms with Crippen molar-refractivity contribution >= 4 is 17.3 Å². The normalized spacial score (nSPS) is 14.3. The van der Waals surface area contributed by atoms with E-state index in [1.807, 2.05) is 7.05 Å². The first-order chi connectivity index (χ1) is 8.43. The van der Waals surface area contributed by atoms with Gasteiger partial charge >= 0.3 is 0 Å². The fourth-order valence-electron chi connectivity index (χ4n) is 1.21. The third-order valence-electron chi connectivity index (χ3n) is 2.32. The number of carbonyl (C=O) groups is 1. The number of hydrogen-bond acceptors (Lipinski definition) is 5. The minimum Gasteiger partial charge on any atom is -0.400 e. The minimum atomic E-state index is -0.201. The molecule has 0 saturated heterocycles. The predicted octanol–water partition coefficient (Wildman–Crippen LogP) is 0.0638. The van der Waals surface area contributed by atoms with Gasteiger partial charge in [-0.3, -0.25) is 9.79 Å². The maximum absolute atomic E-state index is 11.7. The number of rotatable bonds is 6. The molecule has 4 N–H and O–H groups in total. The average molecular weight is 253 g/mol. The fourth-order valence-corrected chi connectivity index (χ4v) is 1.21. The molecule has 6 nitrogen and oxygen atoms in total. The van der Waals surface area contributed by atoms with E-state index >= 15 is 0 Å². The van der Waals surface area contributed by atoms with Crippen LogP contribution in [0.25, 0.3) is 0 Å². The Morgan fingerprint density at radius 1 is 1.17 bits per heavy atom. The maximum Gasteiger partial charge on any atom is 0.265 e. The number of amides is 1. The van der Waals surface area contributed by atoms with Crippen molar-refractivity contribution in [3.63, 3.8) is 0 Å². The van der Waals surface area contributed by atoms with Gasteiger partial charge in [0, 0.05) is 25.8 Å². The molecular formula is C12H23N5O. The molecule has 0 aromatic heterocycles. The molecule has 0 spiro atoms. The summed E-state index contributed by atoms with van der Waals surface area (Å²) in [5, 5.41) is 5.69. The van der Waals surface area contributed by atoms with Crippen molar-refractivity contribution in [3.8, 4) is 0 Å². The van der Waals surface area contributed by atoms with E-state index in [0.717, 1.165) is 0 Å². The number of allylic oxidation sites excluding steroid dienone is 2. The van der Waals surface area contributed by atoms with Gasteiger partial charge in [-0.25, -0.2) is 4.99 Å². The lowest BCUT2D eigenvalue weighted by Crippen LogP contribution is -2.34. The van der Waals surface area contributed by atoms with Crippen LogP contribution in [0.15, 0.2) is 21.4 Å². The summed E-state index contributed by atoms with van der Waals surface area (Å²) in [4.78, 5) is 20.0. The van der Waals surface area contributed by atoms with E-state index in [4.69, 9.17) is 5.73 Å². The summed E-state index contributed by atoms with van der Waals surface area (Å²) < 4.78 is 0. The van der Waals surface area contributed by atoms with Crippen molar-refractivity contribution < 1.29 is 4.79 Å². The molecule has 0 aliphatic carbocycles. The van der Waals surface area contributed by atoms with Crippen LogP contribution in [0, 0.1) is 0 Å². The summed E-state index contributed by atoms with van der Waals surface area (Å²) in [7, 11) is 3.49. The lowest BCUT2D eigenvalue weighted by atomic mass is 10.2. The summed E-state index contributed by atoms with van der Waals surface area (Å²) in [5.41, 5.74) is 7.91. The number of nitrogens with two attached hydrogens (primary N) is 1. The third kappa shape index (κ3) is 5.58. The zero-order valence-electron chi connectivity index (χ0n) is 11.8. The molecule has 0 bridgehead atoms. The Balaban J connectivity index is 4.84. The molecular weight excluding hydrogens is 230 g/mol. The van der Waals surface area contributed by atoms with Crippen LogP contribution in [0.2, 0.25) is 0 Å². The van der Waals surface area contributed by atoms with Gasteiger partial charge in [-0.1, -0.05) is 0 Å². The SMILES string of the molecule is CN=C(C)/C(N=C(C)C(=O)NCCNC)=C(/C)N. The standard InChI is InChI=1S/C12H23N5O/c1-8(13)11(9(2)15-5)17-10(3)12(18)16-7-6-14-4/h14H,6-7,13H2,1-5H3,(H,16,18)/b11-8+,15-9?,17-10?. The largest absolute Gasteiger partial charge is 0.400 e. The summed E-state index contributed by atoms with van der Waals surface area (Å²) in [6.07, 6.45) is 0. The van der Waals surface area contributed by atoms with E-state index in [1.54, 1.807) is 27.8 Å². The maximum atomic E-state index is 11.7. The number of aliphatic imine (C=N–C) groups is 2. The van der Waals surface area contributed by atoms with Crippen LogP contribution in [0.1, 0.15) is 20.8 Å². The molecule has 1 amide bonds. The molecule has 0 saturated carbocycles. The fraction of sp³-hybridized carbons (Fsp3) is 0.583. The number of hydrogen-bond donors (Lipinski definition) is 3. The molecule has 0 unspecified atom stereocenters.